The van der Waals surface area contributed by atoms with Crippen LogP contribution in [0.1, 0.15) is 48.9 Å². The molecule has 4 nitrogen and oxygen atoms in total. The number of ether oxygens (including phenoxy) is 1. The molecule has 1 aliphatic carbocycles. The zero-order chi connectivity index (χ0) is 15.1. The predicted octanol–water partition coefficient (Wildman–Crippen LogP) is 3.39. The lowest BCUT2D eigenvalue weighted by molar-refractivity contribution is 0.0273. The highest BCUT2D eigenvalue weighted by Crippen LogP contribution is 2.20. The second kappa shape index (κ2) is 8.25. The van der Waals surface area contributed by atoms with E-state index < -0.39 is 0 Å². The lowest BCUT2D eigenvalue weighted by Gasteiger charge is -2.21. The molecule has 0 bridgehead atoms. The van der Waals surface area contributed by atoms with Crippen LogP contribution in [-0.4, -0.2) is 25.2 Å². The molecule has 0 aromatic heterocycles. The van der Waals surface area contributed by atoms with Crippen molar-refractivity contribution >= 4 is 23.2 Å². The maximum absolute atomic E-state index is 12.0. The van der Waals surface area contributed by atoms with Gasteiger partial charge in [0.2, 0.25) is 0 Å². The zero-order valence-electron chi connectivity index (χ0n) is 12.2. The average molecular weight is 311 g/mol. The molecule has 1 amide bonds. The molecule has 1 aliphatic rings. The van der Waals surface area contributed by atoms with Crippen molar-refractivity contribution in [3.63, 3.8) is 0 Å². The topological polar surface area (TPSA) is 64.4 Å². The first-order valence-electron chi connectivity index (χ1n) is 7.61. The van der Waals surface area contributed by atoms with E-state index in [0.717, 1.165) is 6.42 Å². The first kappa shape index (κ1) is 16.1. The van der Waals surface area contributed by atoms with E-state index in [1.54, 1.807) is 18.2 Å². The molecule has 21 heavy (non-hydrogen) atoms. The molecule has 116 valence electrons. The number of nitrogens with two attached hydrogens (primary N) is 1. The number of amides is 1. The summed E-state index contributed by atoms with van der Waals surface area (Å²) >= 11 is 5.81. The van der Waals surface area contributed by atoms with Gasteiger partial charge < -0.3 is 15.8 Å². The van der Waals surface area contributed by atoms with Gasteiger partial charge in [0.05, 0.1) is 11.7 Å². The fraction of sp³-hybridized carbons (Fsp3) is 0.562. The van der Waals surface area contributed by atoms with Gasteiger partial charge in [0.15, 0.2) is 0 Å². The highest BCUT2D eigenvalue weighted by Gasteiger charge is 2.13. The van der Waals surface area contributed by atoms with Gasteiger partial charge in [-0.15, -0.1) is 0 Å². The molecule has 0 aliphatic heterocycles. The molecule has 0 atom stereocenters. The van der Waals surface area contributed by atoms with Gasteiger partial charge in [0, 0.05) is 23.9 Å². The van der Waals surface area contributed by atoms with E-state index >= 15 is 0 Å². The summed E-state index contributed by atoms with van der Waals surface area (Å²) in [7, 11) is 0. The summed E-state index contributed by atoms with van der Waals surface area (Å²) in [5, 5.41) is 3.39. The van der Waals surface area contributed by atoms with Crippen LogP contribution in [0.4, 0.5) is 5.69 Å². The van der Waals surface area contributed by atoms with Crippen LogP contribution in [-0.2, 0) is 4.74 Å². The number of hydrogen-bond donors (Lipinski definition) is 2. The maximum atomic E-state index is 12.0. The number of rotatable bonds is 6. The highest BCUT2D eigenvalue weighted by molar-refractivity contribution is 6.31. The molecule has 0 radical (unpaired) electrons. The quantitative estimate of drug-likeness (QED) is 0.625. The third-order valence-corrected chi connectivity index (χ3v) is 4.01. The van der Waals surface area contributed by atoms with Crippen molar-refractivity contribution < 1.29 is 9.53 Å². The van der Waals surface area contributed by atoms with Crippen LogP contribution in [0.3, 0.4) is 0 Å². The van der Waals surface area contributed by atoms with Crippen LogP contribution >= 0.6 is 11.6 Å². The Balaban J connectivity index is 1.64. The van der Waals surface area contributed by atoms with Crippen LogP contribution in [0, 0.1) is 0 Å². The Morgan fingerprint density at radius 2 is 2.10 bits per heavy atom. The SMILES string of the molecule is Nc1cc(Cl)ccc1C(=O)NCCCOC1CCCCC1. The van der Waals surface area contributed by atoms with Gasteiger partial charge in [0.25, 0.3) is 5.91 Å². The van der Waals surface area contributed by atoms with Crippen molar-refractivity contribution in [1.82, 2.24) is 5.32 Å². The van der Waals surface area contributed by atoms with Gasteiger partial charge in [-0.25, -0.2) is 0 Å². The van der Waals surface area contributed by atoms with Crippen molar-refractivity contribution in [3.8, 4) is 0 Å². The van der Waals surface area contributed by atoms with Gasteiger partial charge >= 0.3 is 0 Å². The van der Waals surface area contributed by atoms with Crippen LogP contribution in [0.25, 0.3) is 0 Å². The molecule has 1 saturated carbocycles. The molecule has 5 heteroatoms. The first-order valence-corrected chi connectivity index (χ1v) is 7.99. The summed E-state index contributed by atoms with van der Waals surface area (Å²) in [6.07, 6.45) is 7.46. The summed E-state index contributed by atoms with van der Waals surface area (Å²) in [6.45, 7) is 1.29. The van der Waals surface area contributed by atoms with Crippen molar-refractivity contribution in [3.05, 3.63) is 28.8 Å². The molecule has 3 N–H and O–H groups in total. The Bertz CT molecular complexity index is 473. The number of benzene rings is 1. The third-order valence-electron chi connectivity index (χ3n) is 3.77. The summed E-state index contributed by atoms with van der Waals surface area (Å²) < 4.78 is 5.82. The molecule has 1 aromatic rings. The standard InChI is InChI=1S/C16H23ClN2O2/c17-12-7-8-14(15(18)11-12)16(20)19-9-4-10-21-13-5-2-1-3-6-13/h7-8,11,13H,1-6,9-10,18H2,(H,19,20). The second-order valence-electron chi connectivity index (χ2n) is 5.47. The molecule has 1 aromatic carbocycles. The normalized spacial score (nSPS) is 15.9. The third kappa shape index (κ3) is 5.21. The molecule has 2 rings (SSSR count). The van der Waals surface area contributed by atoms with Crippen LogP contribution in [0.15, 0.2) is 18.2 Å². The molecule has 0 spiro atoms. The summed E-state index contributed by atoms with van der Waals surface area (Å²) in [5.41, 5.74) is 6.65. The van der Waals surface area contributed by atoms with E-state index in [1.807, 2.05) is 0 Å². The maximum Gasteiger partial charge on any atom is 0.253 e. The number of nitrogens with one attached hydrogen (secondary N) is 1. The highest BCUT2D eigenvalue weighted by atomic mass is 35.5. The van der Waals surface area contributed by atoms with Crippen LogP contribution in [0.2, 0.25) is 5.02 Å². The largest absolute Gasteiger partial charge is 0.398 e. The van der Waals surface area contributed by atoms with Crippen molar-refractivity contribution in [2.45, 2.75) is 44.6 Å². The van der Waals surface area contributed by atoms with Crippen LogP contribution in [0.5, 0.6) is 0 Å². The Morgan fingerprint density at radius 3 is 2.81 bits per heavy atom. The van der Waals surface area contributed by atoms with E-state index in [4.69, 9.17) is 22.1 Å². The molecular formula is C16H23ClN2O2. The molecule has 0 heterocycles. The van der Waals surface area contributed by atoms with Crippen molar-refractivity contribution in [2.24, 2.45) is 0 Å². The van der Waals surface area contributed by atoms with Gasteiger partial charge in [-0.2, -0.15) is 0 Å². The summed E-state index contributed by atoms with van der Waals surface area (Å²) in [4.78, 5) is 12.0. The summed E-state index contributed by atoms with van der Waals surface area (Å²) in [5.74, 6) is -0.165. The minimum Gasteiger partial charge on any atom is -0.398 e. The van der Waals surface area contributed by atoms with E-state index in [0.29, 0.717) is 35.5 Å². The van der Waals surface area contributed by atoms with Crippen molar-refractivity contribution in [2.75, 3.05) is 18.9 Å². The second-order valence-corrected chi connectivity index (χ2v) is 5.91. The molecule has 1 fully saturated rings. The lowest BCUT2D eigenvalue weighted by atomic mass is 9.98. The fourth-order valence-corrected chi connectivity index (χ4v) is 2.77. The minimum absolute atomic E-state index is 0.165. The number of nitrogen functional groups attached to an aromatic ring is 1. The van der Waals surface area contributed by atoms with Crippen molar-refractivity contribution in [1.29, 1.82) is 0 Å². The number of carbonyl (C=O) groups excluding carboxylic acids is 1. The predicted molar refractivity (Wildman–Crippen MR) is 85.6 cm³/mol. The van der Waals surface area contributed by atoms with E-state index in [9.17, 15) is 4.79 Å². The van der Waals surface area contributed by atoms with Gasteiger partial charge in [-0.3, -0.25) is 4.79 Å². The van der Waals surface area contributed by atoms with E-state index in [-0.39, 0.29) is 5.91 Å². The fourth-order valence-electron chi connectivity index (χ4n) is 2.59. The smallest absolute Gasteiger partial charge is 0.253 e. The average Bonchev–Trinajstić information content (AvgIpc) is 2.47. The number of halogens is 1. The van der Waals surface area contributed by atoms with E-state index in [2.05, 4.69) is 5.32 Å². The van der Waals surface area contributed by atoms with Crippen LogP contribution < -0.4 is 11.1 Å². The minimum atomic E-state index is -0.165. The monoisotopic (exact) mass is 310 g/mol. The molecule has 0 saturated heterocycles. The summed E-state index contributed by atoms with van der Waals surface area (Å²) in [6, 6.07) is 4.90. The Kier molecular flexibility index (Phi) is 6.33. The van der Waals surface area contributed by atoms with Gasteiger partial charge in [-0.1, -0.05) is 30.9 Å². The lowest BCUT2D eigenvalue weighted by Crippen LogP contribution is -2.27. The number of anilines is 1. The Morgan fingerprint density at radius 1 is 1.33 bits per heavy atom. The molecular weight excluding hydrogens is 288 g/mol. The Hall–Kier alpha value is -1.26. The number of hydrogen-bond acceptors (Lipinski definition) is 3. The zero-order valence-corrected chi connectivity index (χ0v) is 13.0. The van der Waals surface area contributed by atoms with Gasteiger partial charge in [0.1, 0.15) is 0 Å². The first-order chi connectivity index (χ1) is 10.2. The number of carbonyl (C=O) groups is 1. The Labute approximate surface area is 131 Å². The van der Waals surface area contributed by atoms with Gasteiger partial charge in [-0.05, 0) is 37.5 Å². The molecule has 0 unspecified atom stereocenters. The van der Waals surface area contributed by atoms with E-state index in [1.165, 1.54) is 32.1 Å².